The second-order valence-electron chi connectivity index (χ2n) is 8.08. The van der Waals surface area contributed by atoms with Gasteiger partial charge in [0.05, 0.1) is 31.2 Å². The SMILES string of the molecule is CCc1c(Oc2cc(Cl)cc(Cl)c2)cnn1CCN.CCc1nn(CCN)cc1Oc1cc(Cl)cc(Cl)c1. The largest absolute Gasteiger partial charge is 0.454 e. The van der Waals surface area contributed by atoms with E-state index in [0.29, 0.717) is 69.3 Å². The fourth-order valence-electron chi connectivity index (χ4n) is 3.60. The van der Waals surface area contributed by atoms with Crippen molar-refractivity contribution in [1.29, 1.82) is 0 Å². The smallest absolute Gasteiger partial charge is 0.168 e. The molecular formula is C26H30Cl4N6O2. The predicted octanol–water partition coefficient (Wildman–Crippen LogP) is 7.01. The molecule has 0 aliphatic carbocycles. The van der Waals surface area contributed by atoms with Gasteiger partial charge in [-0.05, 0) is 49.2 Å². The molecule has 4 N–H and O–H groups in total. The maximum atomic E-state index is 5.94. The van der Waals surface area contributed by atoms with Crippen molar-refractivity contribution >= 4 is 46.4 Å². The van der Waals surface area contributed by atoms with Crippen LogP contribution in [0.5, 0.6) is 23.0 Å². The van der Waals surface area contributed by atoms with Gasteiger partial charge >= 0.3 is 0 Å². The molecule has 0 saturated heterocycles. The van der Waals surface area contributed by atoms with Crippen LogP contribution in [-0.4, -0.2) is 32.7 Å². The van der Waals surface area contributed by atoms with E-state index in [0.717, 1.165) is 24.2 Å². The lowest BCUT2D eigenvalue weighted by molar-refractivity contribution is 0.472. The molecule has 8 nitrogen and oxygen atoms in total. The molecule has 2 aromatic heterocycles. The summed E-state index contributed by atoms with van der Waals surface area (Å²) >= 11 is 23.8. The molecule has 2 heterocycles. The molecule has 0 saturated carbocycles. The van der Waals surface area contributed by atoms with Crippen molar-refractivity contribution in [2.45, 2.75) is 39.8 Å². The quantitative estimate of drug-likeness (QED) is 0.203. The minimum absolute atomic E-state index is 0.535. The topological polar surface area (TPSA) is 106 Å². The van der Waals surface area contributed by atoms with Gasteiger partial charge in [0.15, 0.2) is 11.5 Å². The number of ether oxygens (including phenoxy) is 2. The van der Waals surface area contributed by atoms with Gasteiger partial charge in [0.1, 0.15) is 17.2 Å². The van der Waals surface area contributed by atoms with E-state index in [9.17, 15) is 0 Å². The first-order chi connectivity index (χ1) is 18.3. The zero-order chi connectivity index (χ0) is 27.7. The summed E-state index contributed by atoms with van der Waals surface area (Å²) in [5, 5.41) is 10.8. The molecule has 0 atom stereocenters. The lowest BCUT2D eigenvalue weighted by Gasteiger charge is -2.08. The van der Waals surface area contributed by atoms with Gasteiger partial charge in [-0.1, -0.05) is 60.3 Å². The molecule has 38 heavy (non-hydrogen) atoms. The summed E-state index contributed by atoms with van der Waals surface area (Å²) in [7, 11) is 0. The number of aromatic nitrogens is 4. The molecule has 204 valence electrons. The summed E-state index contributed by atoms with van der Waals surface area (Å²) in [5.74, 6) is 2.60. The first-order valence-electron chi connectivity index (χ1n) is 12.0. The van der Waals surface area contributed by atoms with Crippen molar-refractivity contribution in [2.24, 2.45) is 11.5 Å². The van der Waals surface area contributed by atoms with Crippen LogP contribution >= 0.6 is 46.4 Å². The molecule has 0 aliphatic heterocycles. The Morgan fingerprint density at radius 3 is 1.74 bits per heavy atom. The molecule has 0 radical (unpaired) electrons. The van der Waals surface area contributed by atoms with Crippen LogP contribution in [0.4, 0.5) is 0 Å². The van der Waals surface area contributed by atoms with E-state index in [2.05, 4.69) is 10.2 Å². The lowest BCUT2D eigenvalue weighted by atomic mass is 10.3. The number of rotatable bonds is 10. The Hall–Kier alpha value is -2.46. The average Bonchev–Trinajstić information content (AvgIpc) is 3.41. The molecule has 2 aromatic carbocycles. The minimum Gasteiger partial charge on any atom is -0.454 e. The Morgan fingerprint density at radius 1 is 0.737 bits per heavy atom. The number of halogens is 4. The van der Waals surface area contributed by atoms with Crippen LogP contribution in [0.2, 0.25) is 20.1 Å². The van der Waals surface area contributed by atoms with Gasteiger partial charge in [0, 0.05) is 33.2 Å². The summed E-state index contributed by atoms with van der Waals surface area (Å²) in [6, 6.07) is 10.2. The second-order valence-corrected chi connectivity index (χ2v) is 9.83. The van der Waals surface area contributed by atoms with Gasteiger partial charge in [-0.15, -0.1) is 0 Å². The highest BCUT2D eigenvalue weighted by atomic mass is 35.5. The number of benzene rings is 2. The third-order valence-electron chi connectivity index (χ3n) is 5.21. The molecule has 0 unspecified atom stereocenters. The summed E-state index contributed by atoms with van der Waals surface area (Å²) in [6.45, 7) is 6.47. The van der Waals surface area contributed by atoms with E-state index in [4.69, 9.17) is 67.3 Å². The molecule has 0 spiro atoms. The third kappa shape index (κ3) is 8.53. The number of nitrogens with zero attached hydrogens (tertiary/aromatic N) is 4. The van der Waals surface area contributed by atoms with E-state index >= 15 is 0 Å². The highest BCUT2D eigenvalue weighted by Crippen LogP contribution is 2.31. The van der Waals surface area contributed by atoms with Crippen molar-refractivity contribution in [3.05, 3.63) is 80.3 Å². The molecule has 12 heteroatoms. The minimum atomic E-state index is 0.535. The van der Waals surface area contributed by atoms with Crippen LogP contribution in [0.1, 0.15) is 25.2 Å². The molecule has 0 bridgehead atoms. The third-order valence-corrected chi connectivity index (χ3v) is 6.08. The van der Waals surface area contributed by atoms with Crippen molar-refractivity contribution in [1.82, 2.24) is 19.6 Å². The number of nitrogens with two attached hydrogens (primary N) is 2. The maximum Gasteiger partial charge on any atom is 0.168 e. The molecule has 0 aliphatic rings. The monoisotopic (exact) mass is 598 g/mol. The highest BCUT2D eigenvalue weighted by Gasteiger charge is 2.12. The maximum absolute atomic E-state index is 5.94. The second kappa shape index (κ2) is 14.6. The van der Waals surface area contributed by atoms with Crippen LogP contribution in [0, 0.1) is 0 Å². The average molecular weight is 600 g/mol. The van der Waals surface area contributed by atoms with Gasteiger partial charge in [-0.25, -0.2) is 0 Å². The van der Waals surface area contributed by atoms with Crippen LogP contribution in [-0.2, 0) is 25.9 Å². The zero-order valence-electron chi connectivity index (χ0n) is 21.1. The van der Waals surface area contributed by atoms with Crippen molar-refractivity contribution < 1.29 is 9.47 Å². The Morgan fingerprint density at radius 2 is 1.26 bits per heavy atom. The Kier molecular flexibility index (Phi) is 11.6. The number of hydrogen-bond acceptors (Lipinski definition) is 6. The fraction of sp³-hybridized carbons (Fsp3) is 0.308. The summed E-state index contributed by atoms with van der Waals surface area (Å²) < 4.78 is 15.2. The first kappa shape index (κ1) is 30.1. The molecule has 4 aromatic rings. The lowest BCUT2D eigenvalue weighted by Crippen LogP contribution is -2.13. The molecule has 0 amide bonds. The molecular weight excluding hydrogens is 570 g/mol. The molecule has 0 fully saturated rings. The molecule has 4 rings (SSSR count). The summed E-state index contributed by atoms with van der Waals surface area (Å²) in [4.78, 5) is 0. The Balaban J connectivity index is 0.000000211. The Bertz CT molecular complexity index is 1250. The fourth-order valence-corrected chi connectivity index (χ4v) is 4.61. The van der Waals surface area contributed by atoms with E-state index < -0.39 is 0 Å². The zero-order valence-corrected chi connectivity index (χ0v) is 24.2. The van der Waals surface area contributed by atoms with Crippen LogP contribution < -0.4 is 20.9 Å². The summed E-state index contributed by atoms with van der Waals surface area (Å²) in [5.41, 5.74) is 12.9. The van der Waals surface area contributed by atoms with Gasteiger partial charge < -0.3 is 20.9 Å². The number of aryl methyl sites for hydroxylation is 1. The van der Waals surface area contributed by atoms with Gasteiger partial charge in [-0.2, -0.15) is 10.2 Å². The van der Waals surface area contributed by atoms with Crippen molar-refractivity contribution in [2.75, 3.05) is 13.1 Å². The first-order valence-corrected chi connectivity index (χ1v) is 13.6. The van der Waals surface area contributed by atoms with E-state index in [1.807, 2.05) is 24.7 Å². The van der Waals surface area contributed by atoms with E-state index in [1.165, 1.54) is 0 Å². The normalized spacial score (nSPS) is 10.7. The standard InChI is InChI=1S/2C13H15Cl2N3O/c1-2-12-13(8-18(17-12)4-3-16)19-11-6-9(14)5-10(15)7-11;1-2-12-13(8-17-18(12)4-3-16)19-11-6-9(14)5-10(15)7-11/h2*5-8H,2-4,16H2,1H3. The van der Waals surface area contributed by atoms with Crippen molar-refractivity contribution in [3.63, 3.8) is 0 Å². The predicted molar refractivity (Wildman–Crippen MR) is 154 cm³/mol. The van der Waals surface area contributed by atoms with E-state index in [-0.39, 0.29) is 0 Å². The Labute approximate surface area is 242 Å². The van der Waals surface area contributed by atoms with Gasteiger partial charge in [-0.3, -0.25) is 9.36 Å². The van der Waals surface area contributed by atoms with Crippen LogP contribution in [0.25, 0.3) is 0 Å². The van der Waals surface area contributed by atoms with Gasteiger partial charge in [0.25, 0.3) is 0 Å². The van der Waals surface area contributed by atoms with Crippen molar-refractivity contribution in [3.8, 4) is 23.0 Å². The van der Waals surface area contributed by atoms with Crippen LogP contribution in [0.15, 0.2) is 48.8 Å². The number of hydrogen-bond donors (Lipinski definition) is 2. The van der Waals surface area contributed by atoms with E-state index in [1.54, 1.807) is 47.3 Å². The van der Waals surface area contributed by atoms with Gasteiger partial charge in [0.2, 0.25) is 0 Å². The highest BCUT2D eigenvalue weighted by molar-refractivity contribution is 6.35. The summed E-state index contributed by atoms with van der Waals surface area (Å²) in [6.07, 6.45) is 5.11. The van der Waals surface area contributed by atoms with Crippen LogP contribution in [0.3, 0.4) is 0 Å².